The Morgan fingerprint density at radius 1 is 1.22 bits per heavy atom. The largest absolute Gasteiger partial charge is 0.481 e. The summed E-state index contributed by atoms with van der Waals surface area (Å²) in [6.07, 6.45) is 0. The Morgan fingerprint density at radius 3 is 1.56 bits per heavy atom. The van der Waals surface area contributed by atoms with E-state index in [-0.39, 0.29) is 21.1 Å². The van der Waals surface area contributed by atoms with Gasteiger partial charge in [0.2, 0.25) is 0 Å². The topological polar surface area (TPSA) is 3.24 Å². The first-order valence-corrected chi connectivity index (χ1v) is 6.45. The zero-order valence-corrected chi connectivity index (χ0v) is 10.9. The van der Waals surface area contributed by atoms with E-state index in [9.17, 15) is 0 Å². The van der Waals surface area contributed by atoms with Gasteiger partial charge in [-0.25, -0.2) is 0 Å². The molecule has 0 spiro atoms. The van der Waals surface area contributed by atoms with Gasteiger partial charge in [-0.2, -0.15) is 6.92 Å². The molecule has 0 unspecified atom stereocenters. The second kappa shape index (κ2) is 4.65. The van der Waals surface area contributed by atoms with Crippen LogP contribution in [0.4, 0.5) is 0 Å². The van der Waals surface area contributed by atoms with Gasteiger partial charge in [0.15, 0.2) is 0 Å². The van der Waals surface area contributed by atoms with Gasteiger partial charge in [-0.15, -0.1) is 0 Å². The predicted molar refractivity (Wildman–Crippen MR) is 41.1 cm³/mol. The van der Waals surface area contributed by atoms with E-state index in [0.717, 1.165) is 0 Å². The zero-order chi connectivity index (χ0) is 6.78. The molecular weight excluding hydrogens is 298 g/mol. The third kappa shape index (κ3) is 5.32. The van der Waals surface area contributed by atoms with Crippen molar-refractivity contribution in [2.45, 2.75) is 26.6 Å². The molecule has 0 aromatic carbocycles. The summed E-state index contributed by atoms with van der Waals surface area (Å²) in [5.41, 5.74) is 0. The summed E-state index contributed by atoms with van der Waals surface area (Å²) in [7, 11) is 1.16. The van der Waals surface area contributed by atoms with Crippen molar-refractivity contribution in [1.29, 1.82) is 0 Å². The van der Waals surface area contributed by atoms with Crippen molar-refractivity contribution in [2.75, 3.05) is 7.05 Å². The Hall–Kier alpha value is 0.865. The molecule has 0 atom stereocenters. The Morgan fingerprint density at radius 2 is 1.56 bits per heavy atom. The molecule has 0 saturated heterocycles. The van der Waals surface area contributed by atoms with Gasteiger partial charge in [-0.3, -0.25) is 6.54 Å². The van der Waals surface area contributed by atoms with Gasteiger partial charge in [0.25, 0.3) is 0 Å². The Labute approximate surface area is 74.2 Å². The fourth-order valence-corrected chi connectivity index (χ4v) is 1.16. The molecule has 0 N–H and O–H groups in total. The van der Waals surface area contributed by atoms with Crippen LogP contribution in [0.3, 0.4) is 0 Å². The van der Waals surface area contributed by atoms with Gasteiger partial charge in [0.1, 0.15) is 0 Å². The van der Waals surface area contributed by atoms with Crippen LogP contribution >= 0.6 is 0 Å². The first-order chi connectivity index (χ1) is 3.48. The van der Waals surface area contributed by atoms with E-state index in [1.54, 1.807) is 0 Å². The van der Waals surface area contributed by atoms with Crippen molar-refractivity contribution in [1.82, 2.24) is 4.57 Å². The normalized spacial score (nSPS) is 11.3. The van der Waals surface area contributed by atoms with Crippen LogP contribution in [0.25, 0.3) is 0 Å². The SMILES string of the molecule is C[CH-]N(C)[Si](C)(C)C.[W]. The smallest absolute Gasteiger partial charge is 0.0892 e. The van der Waals surface area contributed by atoms with Crippen molar-refractivity contribution in [3.8, 4) is 0 Å². The molecule has 0 fully saturated rings. The van der Waals surface area contributed by atoms with E-state index in [1.165, 1.54) is 0 Å². The molecule has 0 radical (unpaired) electrons. The van der Waals surface area contributed by atoms with E-state index >= 15 is 0 Å². The molecule has 0 heterocycles. The molecule has 1 nitrogen and oxygen atoms in total. The molecule has 0 aliphatic heterocycles. The molecule has 0 bridgehead atoms. The molecule has 0 aliphatic carbocycles. The Kier molecular flexibility index (Phi) is 6.47. The average Bonchev–Trinajstić information content (AvgIpc) is 1.62. The molecule has 56 valence electrons. The first-order valence-electron chi connectivity index (χ1n) is 3.01. The molecule has 0 saturated carbocycles. The van der Waals surface area contributed by atoms with E-state index < -0.39 is 8.24 Å². The molecule has 0 rings (SSSR count). The minimum atomic E-state index is -0.983. The molecule has 3 heteroatoms. The van der Waals surface area contributed by atoms with Crippen LogP contribution in [0.2, 0.25) is 19.6 Å². The van der Waals surface area contributed by atoms with Gasteiger partial charge in [-0.1, -0.05) is 19.6 Å². The first kappa shape index (κ1) is 12.5. The minimum Gasteiger partial charge on any atom is -0.481 e. The summed E-state index contributed by atoms with van der Waals surface area (Å²) in [4.78, 5) is 0. The van der Waals surface area contributed by atoms with Gasteiger partial charge in [0, 0.05) is 21.1 Å². The van der Waals surface area contributed by atoms with Crippen molar-refractivity contribution in [2.24, 2.45) is 0 Å². The van der Waals surface area contributed by atoms with Crippen molar-refractivity contribution in [3.63, 3.8) is 0 Å². The Bertz CT molecular complexity index is 69.9. The van der Waals surface area contributed by atoms with Crippen LogP contribution in [0, 0.1) is 6.54 Å². The standard InChI is InChI=1S/C6H16NSi.W/c1-6-7(2)8(3,4)5;/h6H,1-5H3;/q-1;. The van der Waals surface area contributed by atoms with Gasteiger partial charge in [-0.05, 0) is 7.05 Å². The molecule has 0 aromatic heterocycles. The summed E-state index contributed by atoms with van der Waals surface area (Å²) >= 11 is 0. The predicted octanol–water partition coefficient (Wildman–Crippen LogP) is 1.93. The maximum Gasteiger partial charge on any atom is 0.0892 e. The van der Waals surface area contributed by atoms with Gasteiger partial charge >= 0.3 is 0 Å². The summed E-state index contributed by atoms with van der Waals surface area (Å²) in [6, 6.07) is 0. The third-order valence-electron chi connectivity index (χ3n) is 1.45. The van der Waals surface area contributed by atoms with Crippen LogP contribution in [0.1, 0.15) is 6.92 Å². The monoisotopic (exact) mass is 314 g/mol. The van der Waals surface area contributed by atoms with Crippen LogP contribution in [-0.4, -0.2) is 19.8 Å². The van der Waals surface area contributed by atoms with Crippen molar-refractivity contribution in [3.05, 3.63) is 6.54 Å². The minimum absolute atomic E-state index is 0. The van der Waals surface area contributed by atoms with Gasteiger partial charge < -0.3 is 4.57 Å². The molecule has 0 aliphatic rings. The zero-order valence-electron chi connectivity index (χ0n) is 6.93. The number of hydrogen-bond donors (Lipinski definition) is 0. The summed E-state index contributed by atoms with van der Waals surface area (Å²) in [5.74, 6) is 0. The van der Waals surface area contributed by atoms with Crippen molar-refractivity contribution >= 4 is 8.24 Å². The fourth-order valence-electron chi connectivity index (χ4n) is 0.387. The van der Waals surface area contributed by atoms with E-state index in [0.29, 0.717) is 0 Å². The van der Waals surface area contributed by atoms with Crippen LogP contribution < -0.4 is 0 Å². The quantitative estimate of drug-likeness (QED) is 0.556. The van der Waals surface area contributed by atoms with E-state index in [2.05, 4.69) is 44.7 Å². The Balaban J connectivity index is 0. The van der Waals surface area contributed by atoms with E-state index in [1.807, 2.05) is 0 Å². The van der Waals surface area contributed by atoms with Crippen molar-refractivity contribution < 1.29 is 21.1 Å². The summed E-state index contributed by atoms with van der Waals surface area (Å²) in [6.45, 7) is 11.2. The number of rotatable bonds is 2. The van der Waals surface area contributed by atoms with Gasteiger partial charge in [0.05, 0.1) is 8.24 Å². The molecule has 9 heavy (non-hydrogen) atoms. The van der Waals surface area contributed by atoms with E-state index in [4.69, 9.17) is 0 Å². The van der Waals surface area contributed by atoms with Crippen LogP contribution in [-0.2, 0) is 21.1 Å². The number of nitrogens with zero attached hydrogens (tertiary/aromatic N) is 1. The van der Waals surface area contributed by atoms with Crippen LogP contribution in [0.15, 0.2) is 0 Å². The van der Waals surface area contributed by atoms with Crippen LogP contribution in [0.5, 0.6) is 0 Å². The summed E-state index contributed by atoms with van der Waals surface area (Å²) in [5, 5.41) is 0. The average molecular weight is 314 g/mol. The molecule has 0 amide bonds. The molecular formula is C6H16NSiW-. The second-order valence-corrected chi connectivity index (χ2v) is 8.09. The number of hydrogen-bond acceptors (Lipinski definition) is 1. The summed E-state index contributed by atoms with van der Waals surface area (Å²) < 4.78 is 2.33. The third-order valence-corrected chi connectivity index (χ3v) is 3.82. The molecule has 0 aromatic rings. The maximum atomic E-state index is 2.33. The fraction of sp³-hybridized carbons (Fsp3) is 0.833. The maximum absolute atomic E-state index is 2.33. The second-order valence-electron chi connectivity index (χ2n) is 3.04.